The minimum absolute atomic E-state index is 0. The lowest BCUT2D eigenvalue weighted by atomic mass is 10.00. The van der Waals surface area contributed by atoms with Crippen LogP contribution in [0.15, 0.2) is 29.3 Å². The summed E-state index contributed by atoms with van der Waals surface area (Å²) in [5, 5.41) is 0. The zero-order chi connectivity index (χ0) is 15.1. The highest BCUT2D eigenvalue weighted by atomic mass is 127. The van der Waals surface area contributed by atoms with Crippen LogP contribution < -0.4 is 10.5 Å². The van der Waals surface area contributed by atoms with Crippen LogP contribution in [0.2, 0.25) is 0 Å². The molecule has 0 spiro atoms. The average Bonchev–Trinajstić information content (AvgIpc) is 2.50. The monoisotopic (exact) mass is 417 g/mol. The predicted molar refractivity (Wildman–Crippen MR) is 103 cm³/mol. The average molecular weight is 417 g/mol. The molecule has 0 bridgehead atoms. The maximum atomic E-state index is 6.10. The van der Waals surface area contributed by atoms with Gasteiger partial charge in [0.1, 0.15) is 5.75 Å². The zero-order valence-corrected chi connectivity index (χ0v) is 16.0. The number of ether oxygens (including phenoxy) is 1. The number of hydrogen-bond donors (Lipinski definition) is 1. The number of benzene rings is 1. The molecule has 1 aromatic carbocycles. The van der Waals surface area contributed by atoms with Crippen LogP contribution in [-0.2, 0) is 6.42 Å². The Kier molecular flexibility index (Phi) is 8.60. The fourth-order valence-electron chi connectivity index (χ4n) is 2.64. The molecular formula is C17H28IN3O. The second-order valence-electron chi connectivity index (χ2n) is 5.70. The molecule has 1 aromatic rings. The van der Waals surface area contributed by atoms with Gasteiger partial charge in [0.25, 0.3) is 0 Å². The topological polar surface area (TPSA) is 50.9 Å². The Balaban J connectivity index is 0.00000242. The fourth-order valence-corrected chi connectivity index (χ4v) is 2.64. The number of hydrogen-bond acceptors (Lipinski definition) is 2. The van der Waals surface area contributed by atoms with Crippen molar-refractivity contribution >= 4 is 29.9 Å². The summed E-state index contributed by atoms with van der Waals surface area (Å²) in [5.41, 5.74) is 7.30. The highest BCUT2D eigenvalue weighted by molar-refractivity contribution is 14.0. The summed E-state index contributed by atoms with van der Waals surface area (Å²) in [6.45, 7) is 7.77. The van der Waals surface area contributed by atoms with Crippen molar-refractivity contribution in [3.63, 3.8) is 0 Å². The van der Waals surface area contributed by atoms with Crippen molar-refractivity contribution < 1.29 is 4.74 Å². The van der Waals surface area contributed by atoms with Crippen molar-refractivity contribution in [1.82, 2.24) is 4.90 Å². The molecule has 1 heterocycles. The first-order valence-electron chi connectivity index (χ1n) is 7.96. The van der Waals surface area contributed by atoms with Crippen LogP contribution in [0.25, 0.3) is 0 Å². The number of aliphatic imine (C=N–C) groups is 1. The fraction of sp³-hybridized carbons (Fsp3) is 0.588. The maximum Gasteiger partial charge on any atom is 0.191 e. The van der Waals surface area contributed by atoms with Gasteiger partial charge in [-0.1, -0.05) is 25.1 Å². The molecule has 2 N–H and O–H groups in total. The van der Waals surface area contributed by atoms with Gasteiger partial charge in [0.2, 0.25) is 0 Å². The van der Waals surface area contributed by atoms with Crippen LogP contribution in [0.3, 0.4) is 0 Å². The highest BCUT2D eigenvalue weighted by Gasteiger charge is 2.16. The first-order valence-corrected chi connectivity index (χ1v) is 7.96. The van der Waals surface area contributed by atoms with Gasteiger partial charge in [-0.3, -0.25) is 4.99 Å². The lowest BCUT2D eigenvalue weighted by molar-refractivity contribution is 0.277. The van der Waals surface area contributed by atoms with Gasteiger partial charge < -0.3 is 15.4 Å². The molecule has 2 rings (SSSR count). The van der Waals surface area contributed by atoms with Crippen LogP contribution in [0, 0.1) is 5.92 Å². The van der Waals surface area contributed by atoms with E-state index in [1.165, 1.54) is 18.4 Å². The summed E-state index contributed by atoms with van der Waals surface area (Å²) in [4.78, 5) is 6.74. The van der Waals surface area contributed by atoms with E-state index in [0.717, 1.165) is 31.2 Å². The molecule has 0 aliphatic carbocycles. The van der Waals surface area contributed by atoms with Crippen LogP contribution in [0.1, 0.15) is 32.3 Å². The molecule has 5 heteroatoms. The van der Waals surface area contributed by atoms with E-state index >= 15 is 0 Å². The number of likely N-dealkylation sites (tertiary alicyclic amines) is 1. The Hall–Kier alpha value is -0.980. The van der Waals surface area contributed by atoms with E-state index in [0.29, 0.717) is 19.1 Å². The molecule has 4 nitrogen and oxygen atoms in total. The molecular weight excluding hydrogens is 389 g/mol. The molecule has 22 heavy (non-hydrogen) atoms. The lowest BCUT2D eigenvalue weighted by Gasteiger charge is -2.31. The van der Waals surface area contributed by atoms with Crippen LogP contribution in [0.4, 0.5) is 0 Å². The van der Waals surface area contributed by atoms with E-state index in [4.69, 9.17) is 10.5 Å². The van der Waals surface area contributed by atoms with Gasteiger partial charge in [-0.25, -0.2) is 0 Å². The summed E-state index contributed by atoms with van der Waals surface area (Å²) >= 11 is 0. The van der Waals surface area contributed by atoms with Gasteiger partial charge in [-0.2, -0.15) is 0 Å². The Morgan fingerprint density at radius 2 is 2.00 bits per heavy atom. The van der Waals surface area contributed by atoms with Crippen molar-refractivity contribution in [2.75, 3.05) is 26.2 Å². The van der Waals surface area contributed by atoms with E-state index < -0.39 is 0 Å². The number of nitrogens with two attached hydrogens (primary N) is 1. The summed E-state index contributed by atoms with van der Waals surface area (Å²) in [5.74, 6) is 2.46. The number of rotatable bonds is 5. The highest BCUT2D eigenvalue weighted by Crippen LogP contribution is 2.19. The Morgan fingerprint density at radius 3 is 2.68 bits per heavy atom. The van der Waals surface area contributed by atoms with E-state index in [1.807, 2.05) is 25.1 Å². The smallest absolute Gasteiger partial charge is 0.191 e. The van der Waals surface area contributed by atoms with Gasteiger partial charge in [-0.05, 0) is 43.7 Å². The summed E-state index contributed by atoms with van der Waals surface area (Å²) in [6, 6.07) is 8.15. The molecule has 1 fully saturated rings. The maximum absolute atomic E-state index is 6.10. The van der Waals surface area contributed by atoms with Crippen LogP contribution >= 0.6 is 24.0 Å². The van der Waals surface area contributed by atoms with Gasteiger partial charge >= 0.3 is 0 Å². The van der Waals surface area contributed by atoms with Gasteiger partial charge in [0.15, 0.2) is 5.96 Å². The Bertz CT molecular complexity index is 471. The van der Waals surface area contributed by atoms with E-state index in [2.05, 4.69) is 22.9 Å². The summed E-state index contributed by atoms with van der Waals surface area (Å²) in [7, 11) is 0. The third kappa shape index (κ3) is 5.66. The molecule has 0 saturated carbocycles. The SMILES string of the molecule is CCOc1ccccc1CCN=C(N)N1CCC(C)CC1.I. The second-order valence-corrected chi connectivity index (χ2v) is 5.70. The third-order valence-corrected chi connectivity index (χ3v) is 4.04. The quantitative estimate of drug-likeness (QED) is 0.455. The van der Waals surface area contributed by atoms with E-state index in [9.17, 15) is 0 Å². The van der Waals surface area contributed by atoms with Crippen molar-refractivity contribution in [3.8, 4) is 5.75 Å². The number of nitrogens with zero attached hydrogens (tertiary/aromatic N) is 2. The summed E-state index contributed by atoms with van der Waals surface area (Å²) < 4.78 is 5.63. The first kappa shape index (κ1) is 19.1. The number of para-hydroxylation sites is 1. The molecule has 1 aliphatic rings. The minimum atomic E-state index is 0. The minimum Gasteiger partial charge on any atom is -0.494 e. The molecule has 0 aromatic heterocycles. The predicted octanol–water partition coefficient (Wildman–Crippen LogP) is 3.29. The van der Waals surface area contributed by atoms with Crippen molar-refractivity contribution in [1.29, 1.82) is 0 Å². The van der Waals surface area contributed by atoms with Crippen LogP contribution in [-0.4, -0.2) is 37.1 Å². The van der Waals surface area contributed by atoms with Crippen molar-refractivity contribution in [2.45, 2.75) is 33.1 Å². The Morgan fingerprint density at radius 1 is 1.32 bits per heavy atom. The second kappa shape index (κ2) is 9.92. The van der Waals surface area contributed by atoms with E-state index in [1.54, 1.807) is 0 Å². The molecule has 1 saturated heterocycles. The van der Waals surface area contributed by atoms with Gasteiger partial charge in [-0.15, -0.1) is 24.0 Å². The number of piperidine rings is 1. The zero-order valence-electron chi connectivity index (χ0n) is 13.6. The van der Waals surface area contributed by atoms with Crippen LogP contribution in [0.5, 0.6) is 5.75 Å². The molecule has 0 unspecified atom stereocenters. The lowest BCUT2D eigenvalue weighted by Crippen LogP contribution is -2.42. The van der Waals surface area contributed by atoms with Crippen molar-refractivity contribution in [2.24, 2.45) is 16.6 Å². The van der Waals surface area contributed by atoms with Crippen molar-refractivity contribution in [3.05, 3.63) is 29.8 Å². The molecule has 0 atom stereocenters. The summed E-state index contributed by atoms with van der Waals surface area (Å²) in [6.07, 6.45) is 3.29. The third-order valence-electron chi connectivity index (χ3n) is 4.04. The van der Waals surface area contributed by atoms with Gasteiger partial charge in [0.05, 0.1) is 6.61 Å². The molecule has 0 radical (unpaired) electrons. The van der Waals surface area contributed by atoms with E-state index in [-0.39, 0.29) is 24.0 Å². The molecule has 1 aliphatic heterocycles. The van der Waals surface area contributed by atoms with Gasteiger partial charge in [0, 0.05) is 19.6 Å². The first-order chi connectivity index (χ1) is 10.2. The number of guanidine groups is 1. The molecule has 124 valence electrons. The standard InChI is InChI=1S/C17H27N3O.HI/c1-3-21-16-7-5-4-6-15(16)8-11-19-17(18)20-12-9-14(2)10-13-20;/h4-7,14H,3,8-13H2,1-2H3,(H2,18,19);1H. The number of halogens is 1. The Labute approximate surface area is 151 Å². The largest absolute Gasteiger partial charge is 0.494 e. The molecule has 0 amide bonds. The normalized spacial score (nSPS) is 16.3.